The van der Waals surface area contributed by atoms with Gasteiger partial charge in [-0.3, -0.25) is 4.79 Å². The van der Waals surface area contributed by atoms with E-state index < -0.39 is 12.4 Å². The summed E-state index contributed by atoms with van der Waals surface area (Å²) in [7, 11) is 0. The standard InChI is InChI=1S/C34H61NO7/c1-5-9-11-13-15-17-25-39-33(40-26-18-16-14-12-10-6-2)22-21-32(36)38-27-23-31(7-3)42-34(37)41-29-30-20-19-24-35(8-4)28-30/h9-12,30-31,33H,5-8,13-29H2,1-4H3/b11-9-,12-10-. The van der Waals surface area contributed by atoms with Gasteiger partial charge in [-0.05, 0) is 83.7 Å². The maximum absolute atomic E-state index is 12.4. The van der Waals surface area contributed by atoms with Crippen molar-refractivity contribution >= 4 is 12.1 Å². The summed E-state index contributed by atoms with van der Waals surface area (Å²) in [5.74, 6) is 0.0618. The normalized spacial score (nSPS) is 16.8. The molecule has 0 bridgehead atoms. The van der Waals surface area contributed by atoms with Crippen molar-refractivity contribution in [3.63, 3.8) is 0 Å². The number of carbonyl (C=O) groups is 2. The summed E-state index contributed by atoms with van der Waals surface area (Å²) in [5.41, 5.74) is 0. The highest BCUT2D eigenvalue weighted by atomic mass is 16.7. The second kappa shape index (κ2) is 26.7. The molecule has 8 nitrogen and oxygen atoms in total. The highest BCUT2D eigenvalue weighted by Crippen LogP contribution is 2.17. The Labute approximate surface area is 256 Å². The van der Waals surface area contributed by atoms with Gasteiger partial charge in [-0.1, -0.05) is 52.0 Å². The minimum absolute atomic E-state index is 0.196. The van der Waals surface area contributed by atoms with E-state index >= 15 is 0 Å². The van der Waals surface area contributed by atoms with Crippen molar-refractivity contribution in [2.75, 3.05) is 46.1 Å². The van der Waals surface area contributed by atoms with Crippen LogP contribution in [0.25, 0.3) is 0 Å². The topological polar surface area (TPSA) is 83.5 Å². The lowest BCUT2D eigenvalue weighted by Crippen LogP contribution is -2.37. The van der Waals surface area contributed by atoms with Crippen LogP contribution in [0.4, 0.5) is 4.79 Å². The molecule has 1 aliphatic rings. The molecule has 1 heterocycles. The molecule has 1 aliphatic heterocycles. The predicted octanol–water partition coefficient (Wildman–Crippen LogP) is 8.00. The maximum Gasteiger partial charge on any atom is 0.508 e. The number of piperidine rings is 1. The van der Waals surface area contributed by atoms with Crippen molar-refractivity contribution < 1.29 is 33.3 Å². The Morgan fingerprint density at radius 3 is 2.10 bits per heavy atom. The van der Waals surface area contributed by atoms with Crippen LogP contribution in [0, 0.1) is 5.92 Å². The van der Waals surface area contributed by atoms with Crippen molar-refractivity contribution in [1.29, 1.82) is 0 Å². The molecule has 8 heteroatoms. The van der Waals surface area contributed by atoms with Gasteiger partial charge in [0.05, 0.1) is 19.6 Å². The van der Waals surface area contributed by atoms with Crippen LogP contribution in [-0.4, -0.2) is 75.5 Å². The molecule has 2 atom stereocenters. The fourth-order valence-electron chi connectivity index (χ4n) is 4.83. The van der Waals surface area contributed by atoms with Crippen LogP contribution in [0.1, 0.15) is 118 Å². The zero-order valence-electron chi connectivity index (χ0n) is 27.2. The maximum atomic E-state index is 12.4. The minimum atomic E-state index is -0.637. The highest BCUT2D eigenvalue weighted by Gasteiger charge is 2.22. The summed E-state index contributed by atoms with van der Waals surface area (Å²) in [4.78, 5) is 27.0. The number of nitrogens with zero attached hydrogens (tertiary/aromatic N) is 1. The van der Waals surface area contributed by atoms with E-state index in [4.69, 9.17) is 23.7 Å². The molecule has 0 aromatic heterocycles. The second-order valence-electron chi connectivity index (χ2n) is 11.1. The smallest absolute Gasteiger partial charge is 0.466 e. The van der Waals surface area contributed by atoms with Gasteiger partial charge in [-0.15, -0.1) is 0 Å². The van der Waals surface area contributed by atoms with E-state index in [0.717, 1.165) is 83.8 Å². The van der Waals surface area contributed by atoms with Gasteiger partial charge in [0.25, 0.3) is 0 Å². The molecule has 0 spiro atoms. The van der Waals surface area contributed by atoms with Crippen LogP contribution in [-0.2, 0) is 28.5 Å². The lowest BCUT2D eigenvalue weighted by Gasteiger charge is -2.31. The molecule has 0 amide bonds. The molecular formula is C34H61NO7. The fraction of sp³-hybridized carbons (Fsp3) is 0.824. The molecule has 0 aromatic rings. The Kier molecular flexibility index (Phi) is 24.2. The molecule has 0 aliphatic carbocycles. The van der Waals surface area contributed by atoms with Gasteiger partial charge < -0.3 is 28.6 Å². The van der Waals surface area contributed by atoms with Crippen LogP contribution < -0.4 is 0 Å². The van der Waals surface area contributed by atoms with Crippen molar-refractivity contribution in [3.8, 4) is 0 Å². The number of ether oxygens (including phenoxy) is 5. The zero-order chi connectivity index (χ0) is 30.7. The Hall–Kier alpha value is -1.90. The summed E-state index contributed by atoms with van der Waals surface area (Å²) < 4.78 is 28.3. The van der Waals surface area contributed by atoms with Crippen LogP contribution in [0.2, 0.25) is 0 Å². The summed E-state index contributed by atoms with van der Waals surface area (Å²) in [6.07, 6.45) is 19.7. The molecule has 0 aromatic carbocycles. The number of unbranched alkanes of at least 4 members (excludes halogenated alkanes) is 4. The predicted molar refractivity (Wildman–Crippen MR) is 168 cm³/mol. The molecule has 1 rings (SSSR count). The monoisotopic (exact) mass is 595 g/mol. The number of esters is 1. The Bertz CT molecular complexity index is 703. The van der Waals surface area contributed by atoms with Gasteiger partial charge in [0, 0.05) is 38.5 Å². The number of likely N-dealkylation sites (tertiary alicyclic amines) is 1. The lowest BCUT2D eigenvalue weighted by molar-refractivity contribution is -0.159. The van der Waals surface area contributed by atoms with Gasteiger partial charge in [-0.2, -0.15) is 0 Å². The van der Waals surface area contributed by atoms with E-state index in [1.54, 1.807) is 0 Å². The molecular weight excluding hydrogens is 534 g/mol. The molecule has 1 saturated heterocycles. The van der Waals surface area contributed by atoms with Crippen molar-refractivity contribution in [1.82, 2.24) is 4.90 Å². The third-order valence-electron chi connectivity index (χ3n) is 7.43. The lowest BCUT2D eigenvalue weighted by atomic mass is 9.99. The van der Waals surface area contributed by atoms with E-state index in [2.05, 4.69) is 50.0 Å². The third kappa shape index (κ3) is 20.9. The molecule has 244 valence electrons. The number of rotatable bonds is 25. The average molecular weight is 596 g/mol. The highest BCUT2D eigenvalue weighted by molar-refractivity contribution is 5.69. The van der Waals surface area contributed by atoms with Crippen LogP contribution in [0.3, 0.4) is 0 Å². The zero-order valence-corrected chi connectivity index (χ0v) is 27.2. The second-order valence-corrected chi connectivity index (χ2v) is 11.1. The number of allylic oxidation sites excluding steroid dienone is 4. The first-order chi connectivity index (χ1) is 20.5. The van der Waals surface area contributed by atoms with Gasteiger partial charge in [0.15, 0.2) is 6.29 Å². The first kappa shape index (κ1) is 38.1. The summed E-state index contributed by atoms with van der Waals surface area (Å²) in [5, 5.41) is 0. The SMILES string of the molecule is CC/C=C\CCCCOC(CCC(=O)OCCC(CC)OC(=O)OCC1CCCN(CC)C1)OCCCC/C=C\CC. The quantitative estimate of drug-likeness (QED) is 0.0454. The molecule has 0 radical (unpaired) electrons. The van der Waals surface area contributed by atoms with Crippen molar-refractivity contribution in [3.05, 3.63) is 24.3 Å². The van der Waals surface area contributed by atoms with Gasteiger partial charge in [-0.25, -0.2) is 4.79 Å². The first-order valence-corrected chi connectivity index (χ1v) is 16.8. The van der Waals surface area contributed by atoms with E-state index in [0.29, 0.717) is 45.0 Å². The molecule has 0 N–H and O–H groups in total. The number of carbonyl (C=O) groups excluding carboxylic acids is 2. The van der Waals surface area contributed by atoms with Gasteiger partial charge in [0.2, 0.25) is 0 Å². The molecule has 1 fully saturated rings. The number of hydrogen-bond donors (Lipinski definition) is 0. The Morgan fingerprint density at radius 2 is 1.50 bits per heavy atom. The van der Waals surface area contributed by atoms with Crippen LogP contribution in [0.5, 0.6) is 0 Å². The first-order valence-electron chi connectivity index (χ1n) is 16.8. The van der Waals surface area contributed by atoms with Crippen LogP contribution >= 0.6 is 0 Å². The Balaban J connectivity index is 2.31. The molecule has 2 unspecified atom stereocenters. The van der Waals surface area contributed by atoms with Gasteiger partial charge in [0.1, 0.15) is 6.10 Å². The van der Waals surface area contributed by atoms with E-state index in [1.165, 1.54) is 0 Å². The minimum Gasteiger partial charge on any atom is -0.466 e. The third-order valence-corrected chi connectivity index (χ3v) is 7.43. The van der Waals surface area contributed by atoms with Crippen molar-refractivity contribution in [2.24, 2.45) is 5.92 Å². The van der Waals surface area contributed by atoms with E-state index in [9.17, 15) is 9.59 Å². The largest absolute Gasteiger partial charge is 0.508 e. The summed E-state index contributed by atoms with van der Waals surface area (Å²) >= 11 is 0. The molecule has 0 saturated carbocycles. The molecule has 42 heavy (non-hydrogen) atoms. The number of hydrogen-bond acceptors (Lipinski definition) is 8. The van der Waals surface area contributed by atoms with Crippen LogP contribution in [0.15, 0.2) is 24.3 Å². The van der Waals surface area contributed by atoms with E-state index in [-0.39, 0.29) is 25.1 Å². The fourth-order valence-corrected chi connectivity index (χ4v) is 4.83. The average Bonchev–Trinajstić information content (AvgIpc) is 3.00. The Morgan fingerprint density at radius 1 is 0.833 bits per heavy atom. The summed E-state index contributed by atoms with van der Waals surface area (Å²) in [6.45, 7) is 13.3. The van der Waals surface area contributed by atoms with Crippen molar-refractivity contribution in [2.45, 2.75) is 130 Å². The summed E-state index contributed by atoms with van der Waals surface area (Å²) in [6, 6.07) is 0. The van der Waals surface area contributed by atoms with Gasteiger partial charge >= 0.3 is 12.1 Å². The van der Waals surface area contributed by atoms with E-state index in [1.807, 2.05) is 6.92 Å².